The van der Waals surface area contributed by atoms with Crippen molar-refractivity contribution in [3.05, 3.63) is 59.4 Å². The second-order valence-corrected chi connectivity index (χ2v) is 5.71. The van der Waals surface area contributed by atoms with Gasteiger partial charge in [-0.25, -0.2) is 4.79 Å². The van der Waals surface area contributed by atoms with E-state index >= 15 is 0 Å². The zero-order valence-corrected chi connectivity index (χ0v) is 14.9. The third-order valence-corrected chi connectivity index (χ3v) is 3.62. The van der Waals surface area contributed by atoms with Crippen LogP contribution >= 0.6 is 0 Å². The molecule has 0 spiro atoms. The van der Waals surface area contributed by atoms with Crippen LogP contribution in [0.4, 0.5) is 0 Å². The molecule has 3 rings (SSSR count). The summed E-state index contributed by atoms with van der Waals surface area (Å²) in [5.41, 5.74) is 0.732. The number of para-hydroxylation sites is 1. The van der Waals surface area contributed by atoms with E-state index in [2.05, 4.69) is 4.74 Å². The molecule has 0 unspecified atom stereocenters. The van der Waals surface area contributed by atoms with E-state index in [1.165, 1.54) is 30.5 Å². The molecule has 0 atom stereocenters. The third-order valence-electron chi connectivity index (χ3n) is 3.62. The maximum absolute atomic E-state index is 12.4. The first kappa shape index (κ1) is 19.8. The Kier molecular flexibility index (Phi) is 6.43. The van der Waals surface area contributed by atoms with Crippen LogP contribution in [0.2, 0.25) is 0 Å². The maximum atomic E-state index is 12.4. The number of phenols is 3. The summed E-state index contributed by atoms with van der Waals surface area (Å²) in [6.45, 7) is 3.90. The number of carbonyl (C=O) groups is 2. The predicted molar refractivity (Wildman–Crippen MR) is 96.9 cm³/mol. The Morgan fingerprint density at radius 2 is 1.70 bits per heavy atom. The van der Waals surface area contributed by atoms with Crippen LogP contribution in [0.15, 0.2) is 48.2 Å². The number of cyclic esters (lactones) is 1. The molecular formula is C20H20O7. The van der Waals surface area contributed by atoms with E-state index in [0.29, 0.717) is 18.6 Å². The summed E-state index contributed by atoms with van der Waals surface area (Å²) < 4.78 is 9.50. The molecule has 0 aliphatic carbocycles. The molecule has 142 valence electrons. The number of rotatable bonds is 5. The Labute approximate surface area is 156 Å². The minimum Gasteiger partial charge on any atom is -0.507 e. The molecular weight excluding hydrogens is 352 g/mol. The molecule has 0 fully saturated rings. The first-order valence-corrected chi connectivity index (χ1v) is 8.25. The fourth-order valence-electron chi connectivity index (χ4n) is 2.13. The highest BCUT2D eigenvalue weighted by Gasteiger charge is 2.21. The monoisotopic (exact) mass is 372 g/mol. The van der Waals surface area contributed by atoms with Crippen LogP contribution in [-0.2, 0) is 9.53 Å². The molecule has 1 heterocycles. The Morgan fingerprint density at radius 3 is 2.22 bits per heavy atom. The van der Waals surface area contributed by atoms with Gasteiger partial charge < -0.3 is 24.8 Å². The van der Waals surface area contributed by atoms with Gasteiger partial charge in [0.2, 0.25) is 11.5 Å². The van der Waals surface area contributed by atoms with Gasteiger partial charge in [0.15, 0.2) is 11.5 Å². The molecule has 2 aromatic carbocycles. The average molecular weight is 372 g/mol. The van der Waals surface area contributed by atoms with Crippen molar-refractivity contribution in [2.24, 2.45) is 0 Å². The Hall–Kier alpha value is -3.48. The van der Waals surface area contributed by atoms with E-state index in [-0.39, 0.29) is 34.3 Å². The van der Waals surface area contributed by atoms with E-state index in [9.17, 15) is 24.9 Å². The van der Waals surface area contributed by atoms with Crippen LogP contribution in [0.1, 0.15) is 36.2 Å². The van der Waals surface area contributed by atoms with Crippen molar-refractivity contribution in [2.75, 3.05) is 6.61 Å². The standard InChI is InChI=1S/C16H16O5.C4H4O2/c1-2-9-21-16-13(18)8-7-11(15(16)20)14(19)10-5-3-4-6-12(10)17;1-3-2-6-4(3)5/h3-8,17-18,20H,2,9H2,1H3;2H,1H3. The highest BCUT2D eigenvalue weighted by molar-refractivity contribution is 6.12. The van der Waals surface area contributed by atoms with Crippen molar-refractivity contribution in [1.29, 1.82) is 0 Å². The average Bonchev–Trinajstić information content (AvgIpc) is 2.67. The molecule has 2 aromatic rings. The largest absolute Gasteiger partial charge is 0.507 e. The molecule has 0 saturated carbocycles. The molecule has 3 N–H and O–H groups in total. The van der Waals surface area contributed by atoms with E-state index in [0.717, 1.165) is 0 Å². The van der Waals surface area contributed by atoms with Gasteiger partial charge >= 0.3 is 5.97 Å². The summed E-state index contributed by atoms with van der Waals surface area (Å²) in [7, 11) is 0. The minimum atomic E-state index is -0.549. The van der Waals surface area contributed by atoms with Crippen molar-refractivity contribution < 1.29 is 34.4 Å². The third kappa shape index (κ3) is 4.58. The quantitative estimate of drug-likeness (QED) is 0.545. The predicted octanol–water partition coefficient (Wildman–Crippen LogP) is 3.27. The first-order chi connectivity index (χ1) is 12.9. The fourth-order valence-corrected chi connectivity index (χ4v) is 2.13. The summed E-state index contributed by atoms with van der Waals surface area (Å²) in [5.74, 6) is -1.72. The maximum Gasteiger partial charge on any atom is 0.341 e. The molecule has 0 radical (unpaired) electrons. The summed E-state index contributed by atoms with van der Waals surface area (Å²) >= 11 is 0. The topological polar surface area (TPSA) is 113 Å². The van der Waals surface area contributed by atoms with E-state index in [1.54, 1.807) is 19.1 Å². The Balaban J connectivity index is 0.000000369. The first-order valence-electron chi connectivity index (χ1n) is 8.25. The van der Waals surface area contributed by atoms with E-state index < -0.39 is 11.5 Å². The lowest BCUT2D eigenvalue weighted by atomic mass is 10.0. The second-order valence-electron chi connectivity index (χ2n) is 5.71. The highest BCUT2D eigenvalue weighted by atomic mass is 16.5. The molecule has 7 nitrogen and oxygen atoms in total. The molecule has 0 saturated heterocycles. The molecule has 1 aliphatic heterocycles. The Bertz CT molecular complexity index is 884. The number of hydrogen-bond acceptors (Lipinski definition) is 7. The van der Waals surface area contributed by atoms with Crippen molar-refractivity contribution in [2.45, 2.75) is 20.3 Å². The van der Waals surface area contributed by atoms with Crippen molar-refractivity contribution in [1.82, 2.24) is 0 Å². The van der Waals surface area contributed by atoms with Gasteiger partial charge in [-0.2, -0.15) is 0 Å². The smallest absolute Gasteiger partial charge is 0.341 e. The lowest BCUT2D eigenvalue weighted by Crippen LogP contribution is -2.10. The van der Waals surface area contributed by atoms with Crippen LogP contribution in [0.25, 0.3) is 0 Å². The molecule has 7 heteroatoms. The van der Waals surface area contributed by atoms with Crippen LogP contribution in [0.5, 0.6) is 23.0 Å². The molecule has 0 bridgehead atoms. The number of carbonyl (C=O) groups excluding carboxylic acids is 2. The van der Waals surface area contributed by atoms with Crippen LogP contribution in [0, 0.1) is 0 Å². The molecule has 0 aromatic heterocycles. The Morgan fingerprint density at radius 1 is 1.04 bits per heavy atom. The van der Waals surface area contributed by atoms with Gasteiger partial charge in [-0.15, -0.1) is 0 Å². The zero-order valence-electron chi connectivity index (χ0n) is 14.9. The van der Waals surface area contributed by atoms with Gasteiger partial charge in [0.25, 0.3) is 0 Å². The van der Waals surface area contributed by atoms with Gasteiger partial charge in [-0.1, -0.05) is 19.1 Å². The normalized spacial score (nSPS) is 12.1. The summed E-state index contributed by atoms with van der Waals surface area (Å²) in [5, 5.41) is 29.6. The van der Waals surface area contributed by atoms with Crippen LogP contribution in [-0.4, -0.2) is 33.7 Å². The number of ether oxygens (including phenoxy) is 2. The van der Waals surface area contributed by atoms with Crippen LogP contribution < -0.4 is 4.74 Å². The number of esters is 1. The van der Waals surface area contributed by atoms with Gasteiger partial charge in [0.1, 0.15) is 12.0 Å². The van der Waals surface area contributed by atoms with Gasteiger partial charge in [-0.3, -0.25) is 4.79 Å². The summed E-state index contributed by atoms with van der Waals surface area (Å²) in [4.78, 5) is 22.3. The summed E-state index contributed by atoms with van der Waals surface area (Å²) in [6.07, 6.45) is 2.12. The second kappa shape index (κ2) is 8.75. The number of ketones is 1. The van der Waals surface area contributed by atoms with Gasteiger partial charge in [-0.05, 0) is 37.6 Å². The lowest BCUT2D eigenvalue weighted by Gasteiger charge is -2.12. The molecule has 27 heavy (non-hydrogen) atoms. The number of phenolic OH excluding ortho intramolecular Hbond substituents is 3. The molecule has 1 aliphatic rings. The number of hydrogen-bond donors (Lipinski definition) is 3. The van der Waals surface area contributed by atoms with E-state index in [1.807, 2.05) is 6.92 Å². The zero-order chi connectivity index (χ0) is 20.0. The summed E-state index contributed by atoms with van der Waals surface area (Å²) in [6, 6.07) is 8.61. The van der Waals surface area contributed by atoms with Crippen molar-refractivity contribution >= 4 is 11.8 Å². The van der Waals surface area contributed by atoms with E-state index in [4.69, 9.17) is 4.74 Å². The van der Waals surface area contributed by atoms with Crippen molar-refractivity contribution in [3.8, 4) is 23.0 Å². The number of aromatic hydroxyl groups is 3. The highest BCUT2D eigenvalue weighted by Crippen LogP contribution is 2.40. The van der Waals surface area contributed by atoms with Gasteiger partial charge in [0.05, 0.1) is 23.3 Å². The fraction of sp³-hybridized carbons (Fsp3) is 0.200. The lowest BCUT2D eigenvalue weighted by molar-refractivity contribution is -0.138. The number of benzene rings is 2. The van der Waals surface area contributed by atoms with Crippen molar-refractivity contribution in [3.63, 3.8) is 0 Å². The SMILES string of the molecule is CC1=COC1=O.CCCOc1c(O)ccc(C(=O)c2ccccc2O)c1O. The van der Waals surface area contributed by atoms with Gasteiger partial charge in [0, 0.05) is 0 Å². The van der Waals surface area contributed by atoms with Crippen LogP contribution in [0.3, 0.4) is 0 Å². The minimum absolute atomic E-state index is 0.0413. The molecule has 0 amide bonds.